The Morgan fingerprint density at radius 3 is 2.25 bits per heavy atom. The molecule has 1 rings (SSSR count). The summed E-state index contributed by atoms with van der Waals surface area (Å²) in [4.78, 5) is 0. The number of nitrogens with two attached hydrogens (primary N) is 1. The van der Waals surface area contributed by atoms with Gasteiger partial charge in [0.25, 0.3) is 0 Å². The maximum atomic E-state index is 12.6. The van der Waals surface area contributed by atoms with Crippen molar-refractivity contribution >= 4 is 0 Å². The minimum absolute atomic E-state index is 0.0104. The van der Waals surface area contributed by atoms with Crippen LogP contribution in [0.3, 0.4) is 0 Å². The molecule has 2 N–H and O–H groups in total. The molecular weight excluding hydrogens is 160 g/mol. The molecule has 0 unspecified atom stereocenters. The zero-order chi connectivity index (χ0) is 9.24. The van der Waals surface area contributed by atoms with Gasteiger partial charge in [0, 0.05) is 12.8 Å². The van der Waals surface area contributed by atoms with E-state index in [9.17, 15) is 8.78 Å². The van der Waals surface area contributed by atoms with Crippen LogP contribution in [0.1, 0.15) is 39.0 Å². The Hall–Kier alpha value is -0.180. The van der Waals surface area contributed by atoms with Crippen molar-refractivity contribution in [2.45, 2.75) is 45.0 Å². The Morgan fingerprint density at radius 1 is 1.33 bits per heavy atom. The highest BCUT2D eigenvalue weighted by Crippen LogP contribution is 2.53. The van der Waals surface area contributed by atoms with Crippen molar-refractivity contribution in [2.75, 3.05) is 6.54 Å². The van der Waals surface area contributed by atoms with E-state index in [2.05, 4.69) is 6.92 Å². The van der Waals surface area contributed by atoms with E-state index < -0.39 is 5.92 Å². The minimum Gasteiger partial charge on any atom is -0.330 e. The molecule has 0 atom stereocenters. The van der Waals surface area contributed by atoms with Crippen LogP contribution in [0.25, 0.3) is 0 Å². The normalized spacial score (nSPS) is 25.0. The van der Waals surface area contributed by atoms with Crippen molar-refractivity contribution in [2.24, 2.45) is 11.1 Å². The van der Waals surface area contributed by atoms with E-state index in [1.54, 1.807) is 0 Å². The number of alkyl halides is 2. The van der Waals surface area contributed by atoms with Crippen LogP contribution in [-0.4, -0.2) is 12.5 Å². The standard InChI is InChI=1S/C9H17F2N/c1-2-3-4-8(7-12)5-9(10,11)6-8/h2-7,12H2,1H3. The lowest BCUT2D eigenvalue weighted by molar-refractivity contribution is -0.160. The van der Waals surface area contributed by atoms with Gasteiger partial charge < -0.3 is 5.73 Å². The number of hydrogen-bond acceptors (Lipinski definition) is 1. The van der Waals surface area contributed by atoms with Gasteiger partial charge in [-0.2, -0.15) is 0 Å². The van der Waals surface area contributed by atoms with Gasteiger partial charge in [-0.15, -0.1) is 0 Å². The van der Waals surface area contributed by atoms with Gasteiger partial charge in [0.1, 0.15) is 0 Å². The van der Waals surface area contributed by atoms with Gasteiger partial charge in [-0.1, -0.05) is 19.8 Å². The fourth-order valence-electron chi connectivity index (χ4n) is 2.02. The van der Waals surface area contributed by atoms with E-state index >= 15 is 0 Å². The number of unbranched alkanes of at least 4 members (excludes halogenated alkanes) is 1. The average molecular weight is 177 g/mol. The third-order valence-corrected chi connectivity index (χ3v) is 2.76. The third-order valence-electron chi connectivity index (χ3n) is 2.76. The van der Waals surface area contributed by atoms with Crippen molar-refractivity contribution in [1.29, 1.82) is 0 Å². The van der Waals surface area contributed by atoms with Crippen molar-refractivity contribution in [1.82, 2.24) is 0 Å². The van der Waals surface area contributed by atoms with Crippen LogP contribution in [0.5, 0.6) is 0 Å². The predicted molar refractivity (Wildman–Crippen MR) is 45.2 cm³/mol. The Bertz CT molecular complexity index is 149. The first-order valence-corrected chi connectivity index (χ1v) is 4.61. The molecule has 0 amide bonds. The molecule has 72 valence electrons. The van der Waals surface area contributed by atoms with Crippen LogP contribution >= 0.6 is 0 Å². The Kier molecular flexibility index (Phi) is 2.71. The highest BCUT2D eigenvalue weighted by molar-refractivity contribution is 4.99. The van der Waals surface area contributed by atoms with Gasteiger partial charge in [-0.3, -0.25) is 0 Å². The van der Waals surface area contributed by atoms with E-state index in [0.29, 0.717) is 6.54 Å². The van der Waals surface area contributed by atoms with E-state index in [-0.39, 0.29) is 18.3 Å². The number of rotatable bonds is 4. The second-order valence-corrected chi connectivity index (χ2v) is 4.02. The van der Waals surface area contributed by atoms with Crippen LogP contribution < -0.4 is 5.73 Å². The number of halogens is 2. The second-order valence-electron chi connectivity index (χ2n) is 4.02. The topological polar surface area (TPSA) is 26.0 Å². The van der Waals surface area contributed by atoms with Crippen molar-refractivity contribution < 1.29 is 8.78 Å². The molecular formula is C9H17F2N. The fraction of sp³-hybridized carbons (Fsp3) is 1.00. The highest BCUT2D eigenvalue weighted by Gasteiger charge is 2.54. The highest BCUT2D eigenvalue weighted by atomic mass is 19.3. The first kappa shape index (κ1) is 9.90. The molecule has 1 fully saturated rings. The summed E-state index contributed by atoms with van der Waals surface area (Å²) in [6.45, 7) is 2.49. The van der Waals surface area contributed by atoms with E-state index in [1.807, 2.05) is 0 Å². The molecule has 0 aromatic carbocycles. The minimum atomic E-state index is -2.42. The summed E-state index contributed by atoms with van der Waals surface area (Å²) in [5, 5.41) is 0. The summed E-state index contributed by atoms with van der Waals surface area (Å²) < 4.78 is 25.2. The van der Waals surface area contributed by atoms with Crippen LogP contribution in [0, 0.1) is 5.41 Å². The lowest BCUT2D eigenvalue weighted by Crippen LogP contribution is -2.50. The van der Waals surface area contributed by atoms with Gasteiger partial charge in [0.2, 0.25) is 5.92 Å². The van der Waals surface area contributed by atoms with Gasteiger partial charge in [0.15, 0.2) is 0 Å². The maximum Gasteiger partial charge on any atom is 0.249 e. The monoisotopic (exact) mass is 177 g/mol. The largest absolute Gasteiger partial charge is 0.330 e. The molecule has 1 saturated carbocycles. The van der Waals surface area contributed by atoms with Crippen molar-refractivity contribution in [3.63, 3.8) is 0 Å². The summed E-state index contributed by atoms with van der Waals surface area (Å²) >= 11 is 0. The zero-order valence-electron chi connectivity index (χ0n) is 7.58. The molecule has 1 nitrogen and oxygen atoms in total. The molecule has 0 aromatic heterocycles. The molecule has 0 spiro atoms. The molecule has 12 heavy (non-hydrogen) atoms. The molecule has 0 aromatic rings. The molecule has 0 bridgehead atoms. The van der Waals surface area contributed by atoms with Crippen LogP contribution in [0.2, 0.25) is 0 Å². The van der Waals surface area contributed by atoms with Crippen molar-refractivity contribution in [3.8, 4) is 0 Å². The molecule has 0 saturated heterocycles. The quantitative estimate of drug-likeness (QED) is 0.701. The fourth-order valence-corrected chi connectivity index (χ4v) is 2.02. The first-order valence-electron chi connectivity index (χ1n) is 4.61. The van der Waals surface area contributed by atoms with Gasteiger partial charge in [-0.25, -0.2) is 8.78 Å². The smallest absolute Gasteiger partial charge is 0.249 e. The van der Waals surface area contributed by atoms with Gasteiger partial charge in [-0.05, 0) is 18.4 Å². The Morgan fingerprint density at radius 2 is 1.92 bits per heavy atom. The lowest BCUT2D eigenvalue weighted by Gasteiger charge is -2.47. The molecule has 1 aliphatic carbocycles. The van der Waals surface area contributed by atoms with E-state index in [4.69, 9.17) is 5.73 Å². The first-order chi connectivity index (χ1) is 5.54. The molecule has 1 aliphatic rings. The Balaban J connectivity index is 2.36. The summed E-state index contributed by atoms with van der Waals surface area (Å²) in [6, 6.07) is 0. The summed E-state index contributed by atoms with van der Waals surface area (Å²) in [7, 11) is 0. The summed E-state index contributed by atoms with van der Waals surface area (Å²) in [5.74, 6) is -2.42. The second kappa shape index (κ2) is 3.29. The third kappa shape index (κ3) is 1.94. The number of hydrogen-bond donors (Lipinski definition) is 1. The van der Waals surface area contributed by atoms with E-state index in [1.165, 1.54) is 0 Å². The summed E-state index contributed by atoms with van der Waals surface area (Å²) in [5.41, 5.74) is 5.27. The summed E-state index contributed by atoms with van der Waals surface area (Å²) in [6.07, 6.45) is 2.98. The predicted octanol–water partition coefficient (Wildman–Crippen LogP) is 2.55. The maximum absolute atomic E-state index is 12.6. The van der Waals surface area contributed by atoms with Gasteiger partial charge in [0.05, 0.1) is 0 Å². The zero-order valence-corrected chi connectivity index (χ0v) is 7.58. The van der Waals surface area contributed by atoms with Crippen LogP contribution in [0.15, 0.2) is 0 Å². The van der Waals surface area contributed by atoms with Gasteiger partial charge >= 0.3 is 0 Å². The molecule has 3 heteroatoms. The Labute approximate surface area is 72.3 Å². The average Bonchev–Trinajstić information content (AvgIpc) is 1.96. The van der Waals surface area contributed by atoms with Crippen molar-refractivity contribution in [3.05, 3.63) is 0 Å². The van der Waals surface area contributed by atoms with E-state index in [0.717, 1.165) is 19.3 Å². The lowest BCUT2D eigenvalue weighted by atomic mass is 9.63. The molecule has 0 heterocycles. The molecule has 0 radical (unpaired) electrons. The SMILES string of the molecule is CCCCC1(CN)CC(F)(F)C1. The van der Waals surface area contributed by atoms with Crippen LogP contribution in [0.4, 0.5) is 8.78 Å². The van der Waals surface area contributed by atoms with Crippen LogP contribution in [-0.2, 0) is 0 Å². The molecule has 0 aliphatic heterocycles.